The van der Waals surface area contributed by atoms with E-state index in [0.717, 1.165) is 44.8 Å². The standard InChI is InChI=1S/C16H26N4O2/c1-20(2)9-4-8-17-16(21)13-6-7-15(18-11-13)19-12-14-5-3-10-22-14/h6-7,11,14H,3-5,8-10,12H2,1-2H3,(H,17,21)(H,18,19). The SMILES string of the molecule is CN(C)CCCNC(=O)c1ccc(NCC2CCCO2)nc1. The van der Waals surface area contributed by atoms with E-state index >= 15 is 0 Å². The minimum absolute atomic E-state index is 0.0723. The summed E-state index contributed by atoms with van der Waals surface area (Å²) in [5.74, 6) is 0.705. The number of rotatable bonds is 8. The molecule has 0 aromatic carbocycles. The van der Waals surface area contributed by atoms with Gasteiger partial charge >= 0.3 is 0 Å². The fourth-order valence-corrected chi connectivity index (χ4v) is 2.36. The molecule has 22 heavy (non-hydrogen) atoms. The van der Waals surface area contributed by atoms with Crippen molar-refractivity contribution in [3.63, 3.8) is 0 Å². The Morgan fingerprint density at radius 3 is 2.95 bits per heavy atom. The Balaban J connectivity index is 1.71. The summed E-state index contributed by atoms with van der Waals surface area (Å²) in [5, 5.41) is 6.15. The van der Waals surface area contributed by atoms with Gasteiger partial charge in [-0.1, -0.05) is 0 Å². The average Bonchev–Trinajstić information content (AvgIpc) is 3.03. The number of aromatic nitrogens is 1. The van der Waals surface area contributed by atoms with Gasteiger partial charge in [0.1, 0.15) is 5.82 Å². The molecular formula is C16H26N4O2. The van der Waals surface area contributed by atoms with Gasteiger partial charge in [-0.15, -0.1) is 0 Å². The van der Waals surface area contributed by atoms with Gasteiger partial charge in [0.25, 0.3) is 5.91 Å². The number of anilines is 1. The van der Waals surface area contributed by atoms with Gasteiger partial charge in [0.15, 0.2) is 0 Å². The fourth-order valence-electron chi connectivity index (χ4n) is 2.36. The molecule has 0 radical (unpaired) electrons. The monoisotopic (exact) mass is 306 g/mol. The van der Waals surface area contributed by atoms with Gasteiger partial charge in [-0.3, -0.25) is 4.79 Å². The number of carbonyl (C=O) groups is 1. The van der Waals surface area contributed by atoms with Gasteiger partial charge in [-0.2, -0.15) is 0 Å². The van der Waals surface area contributed by atoms with E-state index in [1.165, 1.54) is 0 Å². The van der Waals surface area contributed by atoms with Crippen LogP contribution in [0.1, 0.15) is 29.6 Å². The first-order valence-corrected chi connectivity index (χ1v) is 7.89. The Kier molecular flexibility index (Phi) is 6.61. The van der Waals surface area contributed by atoms with Crippen molar-refractivity contribution < 1.29 is 9.53 Å². The molecule has 2 heterocycles. The van der Waals surface area contributed by atoms with Crippen molar-refractivity contribution in [3.05, 3.63) is 23.9 Å². The molecule has 0 bridgehead atoms. The van der Waals surface area contributed by atoms with Crippen molar-refractivity contribution in [3.8, 4) is 0 Å². The third-order valence-electron chi connectivity index (χ3n) is 3.63. The molecule has 0 spiro atoms. The first kappa shape index (κ1) is 16.7. The Bertz CT molecular complexity index is 456. The van der Waals surface area contributed by atoms with Crippen molar-refractivity contribution in [1.82, 2.24) is 15.2 Å². The Hall–Kier alpha value is -1.66. The molecule has 1 atom stereocenters. The molecule has 1 aliphatic heterocycles. The van der Waals surface area contributed by atoms with Crippen molar-refractivity contribution in [1.29, 1.82) is 0 Å². The van der Waals surface area contributed by atoms with Crippen LogP contribution in [0.25, 0.3) is 0 Å². The van der Waals surface area contributed by atoms with Gasteiger partial charge in [0.2, 0.25) is 0 Å². The van der Waals surface area contributed by atoms with Crippen molar-refractivity contribution in [2.24, 2.45) is 0 Å². The van der Waals surface area contributed by atoms with Crippen molar-refractivity contribution in [2.45, 2.75) is 25.4 Å². The maximum atomic E-state index is 12.0. The van der Waals surface area contributed by atoms with E-state index in [1.54, 1.807) is 12.3 Å². The van der Waals surface area contributed by atoms with Crippen LogP contribution >= 0.6 is 0 Å². The zero-order chi connectivity index (χ0) is 15.8. The van der Waals surface area contributed by atoms with Crippen LogP contribution in [0.4, 0.5) is 5.82 Å². The summed E-state index contributed by atoms with van der Waals surface area (Å²) >= 11 is 0. The molecule has 6 nitrogen and oxygen atoms in total. The molecule has 1 aromatic heterocycles. The molecule has 1 unspecified atom stereocenters. The van der Waals surface area contributed by atoms with Crippen molar-refractivity contribution in [2.75, 3.05) is 45.7 Å². The van der Waals surface area contributed by atoms with Crippen molar-refractivity contribution >= 4 is 11.7 Å². The van der Waals surface area contributed by atoms with E-state index < -0.39 is 0 Å². The Labute approximate surface area is 132 Å². The van der Waals surface area contributed by atoms with Crippen LogP contribution in [0.3, 0.4) is 0 Å². The van der Waals surface area contributed by atoms with Crippen LogP contribution < -0.4 is 10.6 Å². The van der Waals surface area contributed by atoms with Crippen LogP contribution in [0.5, 0.6) is 0 Å². The molecule has 122 valence electrons. The van der Waals surface area contributed by atoms with Crippen LogP contribution in [-0.4, -0.2) is 62.2 Å². The maximum absolute atomic E-state index is 12.0. The van der Waals surface area contributed by atoms with Crippen LogP contribution in [0.15, 0.2) is 18.3 Å². The largest absolute Gasteiger partial charge is 0.376 e. The molecule has 6 heteroatoms. The number of ether oxygens (including phenoxy) is 1. The number of pyridine rings is 1. The van der Waals surface area contributed by atoms with Gasteiger partial charge in [-0.25, -0.2) is 4.98 Å². The molecule has 2 rings (SSSR count). The molecule has 0 aliphatic carbocycles. The topological polar surface area (TPSA) is 66.5 Å². The first-order chi connectivity index (χ1) is 10.6. The number of nitrogens with zero attached hydrogens (tertiary/aromatic N) is 2. The number of hydrogen-bond acceptors (Lipinski definition) is 5. The Morgan fingerprint density at radius 1 is 1.45 bits per heavy atom. The maximum Gasteiger partial charge on any atom is 0.252 e. The zero-order valence-corrected chi connectivity index (χ0v) is 13.5. The molecule has 1 saturated heterocycles. The van der Waals surface area contributed by atoms with Crippen LogP contribution in [-0.2, 0) is 4.74 Å². The summed E-state index contributed by atoms with van der Waals surface area (Å²) in [6.45, 7) is 3.26. The smallest absolute Gasteiger partial charge is 0.252 e. The second-order valence-corrected chi connectivity index (χ2v) is 5.86. The van der Waals surface area contributed by atoms with E-state index in [0.29, 0.717) is 12.1 Å². The normalized spacial score (nSPS) is 17.7. The van der Waals surface area contributed by atoms with Crippen LogP contribution in [0, 0.1) is 0 Å². The highest BCUT2D eigenvalue weighted by molar-refractivity contribution is 5.94. The van der Waals surface area contributed by atoms with Gasteiger partial charge in [0, 0.05) is 25.9 Å². The number of amides is 1. The lowest BCUT2D eigenvalue weighted by atomic mass is 10.2. The third kappa shape index (κ3) is 5.61. The summed E-state index contributed by atoms with van der Waals surface area (Å²) in [6.07, 6.45) is 5.06. The minimum atomic E-state index is -0.0723. The summed E-state index contributed by atoms with van der Waals surface area (Å²) in [7, 11) is 4.04. The lowest BCUT2D eigenvalue weighted by Crippen LogP contribution is -2.27. The number of carbonyl (C=O) groups excluding carboxylic acids is 1. The molecule has 2 N–H and O–H groups in total. The van der Waals surface area contributed by atoms with Gasteiger partial charge < -0.3 is 20.3 Å². The summed E-state index contributed by atoms with van der Waals surface area (Å²) in [5.41, 5.74) is 0.590. The number of hydrogen-bond donors (Lipinski definition) is 2. The van der Waals surface area contributed by atoms with Gasteiger partial charge in [-0.05, 0) is 52.0 Å². The molecular weight excluding hydrogens is 280 g/mol. The molecule has 1 aromatic rings. The van der Waals surface area contributed by atoms with E-state index in [-0.39, 0.29) is 12.0 Å². The summed E-state index contributed by atoms with van der Waals surface area (Å²) in [6, 6.07) is 3.63. The van der Waals surface area contributed by atoms with E-state index in [4.69, 9.17) is 4.74 Å². The molecule has 1 fully saturated rings. The van der Waals surface area contributed by atoms with E-state index in [2.05, 4.69) is 20.5 Å². The van der Waals surface area contributed by atoms with E-state index in [1.807, 2.05) is 20.2 Å². The predicted molar refractivity (Wildman–Crippen MR) is 87.2 cm³/mol. The molecule has 1 amide bonds. The lowest BCUT2D eigenvalue weighted by molar-refractivity contribution is 0.0952. The zero-order valence-electron chi connectivity index (χ0n) is 13.5. The quantitative estimate of drug-likeness (QED) is 0.710. The third-order valence-corrected chi connectivity index (χ3v) is 3.63. The average molecular weight is 306 g/mol. The molecule has 0 saturated carbocycles. The summed E-state index contributed by atoms with van der Waals surface area (Å²) in [4.78, 5) is 18.3. The molecule has 1 aliphatic rings. The highest BCUT2D eigenvalue weighted by Crippen LogP contribution is 2.13. The Morgan fingerprint density at radius 2 is 2.32 bits per heavy atom. The predicted octanol–water partition coefficient (Wildman–Crippen LogP) is 1.35. The second kappa shape index (κ2) is 8.70. The van der Waals surface area contributed by atoms with E-state index in [9.17, 15) is 4.79 Å². The summed E-state index contributed by atoms with van der Waals surface area (Å²) < 4.78 is 5.55. The number of nitrogens with one attached hydrogen (secondary N) is 2. The lowest BCUT2D eigenvalue weighted by Gasteiger charge is -2.12. The highest BCUT2D eigenvalue weighted by Gasteiger charge is 2.15. The second-order valence-electron chi connectivity index (χ2n) is 5.86. The fraction of sp³-hybridized carbons (Fsp3) is 0.625. The van der Waals surface area contributed by atoms with Crippen LogP contribution in [0.2, 0.25) is 0 Å². The minimum Gasteiger partial charge on any atom is -0.376 e. The first-order valence-electron chi connectivity index (χ1n) is 7.89. The van der Waals surface area contributed by atoms with Gasteiger partial charge in [0.05, 0.1) is 11.7 Å². The highest BCUT2D eigenvalue weighted by atomic mass is 16.5.